The normalized spacial score (nSPS) is 12.9. The van der Waals surface area contributed by atoms with E-state index in [1.807, 2.05) is 24.5 Å². The second-order valence-electron chi connectivity index (χ2n) is 5.39. The van der Waals surface area contributed by atoms with Crippen molar-refractivity contribution in [3.63, 3.8) is 0 Å². The largest absolute Gasteiger partial charge is 0.299 e. The molecular formula is C16H19N5. The van der Waals surface area contributed by atoms with Crippen LogP contribution in [-0.2, 0) is 13.0 Å². The average molecular weight is 281 g/mol. The summed E-state index contributed by atoms with van der Waals surface area (Å²) in [6, 6.07) is 10.7. The number of hydrogen-bond acceptors (Lipinski definition) is 4. The molecule has 0 fully saturated rings. The van der Waals surface area contributed by atoms with Crippen LogP contribution in [0.15, 0.2) is 49.1 Å². The van der Waals surface area contributed by atoms with Crippen molar-refractivity contribution in [2.75, 3.05) is 7.05 Å². The van der Waals surface area contributed by atoms with Gasteiger partial charge in [-0.2, -0.15) is 5.10 Å². The van der Waals surface area contributed by atoms with Crippen LogP contribution in [0.25, 0.3) is 5.65 Å². The number of nitrogens with zero attached hydrogens (tertiary/aromatic N) is 5. The number of pyridine rings is 2. The second kappa shape index (κ2) is 6.01. The molecule has 0 radical (unpaired) electrons. The summed E-state index contributed by atoms with van der Waals surface area (Å²) >= 11 is 0. The number of likely N-dealkylation sites (N-methyl/N-ethyl adjacent to an activating group) is 1. The van der Waals surface area contributed by atoms with Crippen LogP contribution in [-0.4, -0.2) is 37.6 Å². The molecule has 0 spiro atoms. The number of aromatic nitrogens is 4. The zero-order valence-corrected chi connectivity index (χ0v) is 12.3. The number of fused-ring (bicyclic) bond motifs is 1. The van der Waals surface area contributed by atoms with Gasteiger partial charge in [-0.25, -0.2) is 9.50 Å². The van der Waals surface area contributed by atoms with Gasteiger partial charge < -0.3 is 0 Å². The Labute approximate surface area is 124 Å². The Morgan fingerprint density at radius 2 is 2.14 bits per heavy atom. The first kappa shape index (κ1) is 13.7. The van der Waals surface area contributed by atoms with Gasteiger partial charge in [0.1, 0.15) is 6.33 Å². The fourth-order valence-electron chi connectivity index (χ4n) is 2.38. The third-order valence-electron chi connectivity index (χ3n) is 3.76. The first-order chi connectivity index (χ1) is 10.2. The molecular weight excluding hydrogens is 262 g/mol. The summed E-state index contributed by atoms with van der Waals surface area (Å²) in [4.78, 5) is 10.9. The number of hydrogen-bond donors (Lipinski definition) is 0. The molecule has 0 saturated carbocycles. The molecule has 0 aliphatic heterocycles. The SMILES string of the molecule is CC(Cc1ccccn1)N(C)Cc1ccn2ncnc2c1. The van der Waals surface area contributed by atoms with Gasteiger partial charge in [-0.3, -0.25) is 9.88 Å². The van der Waals surface area contributed by atoms with Gasteiger partial charge in [0, 0.05) is 37.1 Å². The van der Waals surface area contributed by atoms with Crippen molar-refractivity contribution in [3.8, 4) is 0 Å². The Bertz CT molecular complexity index is 707. The molecule has 108 valence electrons. The van der Waals surface area contributed by atoms with Crippen molar-refractivity contribution >= 4 is 5.65 Å². The van der Waals surface area contributed by atoms with E-state index in [2.05, 4.69) is 52.1 Å². The Kier molecular flexibility index (Phi) is 3.92. The molecule has 0 saturated heterocycles. The van der Waals surface area contributed by atoms with Crippen molar-refractivity contribution in [1.82, 2.24) is 24.5 Å². The summed E-state index contributed by atoms with van der Waals surface area (Å²) < 4.78 is 1.78. The smallest absolute Gasteiger partial charge is 0.155 e. The van der Waals surface area contributed by atoms with Gasteiger partial charge in [0.05, 0.1) is 0 Å². The van der Waals surface area contributed by atoms with E-state index < -0.39 is 0 Å². The molecule has 5 heteroatoms. The van der Waals surface area contributed by atoms with E-state index in [9.17, 15) is 0 Å². The predicted molar refractivity (Wildman–Crippen MR) is 81.9 cm³/mol. The molecule has 1 atom stereocenters. The van der Waals surface area contributed by atoms with Gasteiger partial charge in [-0.05, 0) is 43.8 Å². The van der Waals surface area contributed by atoms with Gasteiger partial charge in [-0.15, -0.1) is 0 Å². The zero-order valence-electron chi connectivity index (χ0n) is 12.3. The molecule has 21 heavy (non-hydrogen) atoms. The summed E-state index contributed by atoms with van der Waals surface area (Å²) in [5.74, 6) is 0. The van der Waals surface area contributed by atoms with Crippen LogP contribution in [0.1, 0.15) is 18.2 Å². The zero-order chi connectivity index (χ0) is 14.7. The maximum Gasteiger partial charge on any atom is 0.155 e. The lowest BCUT2D eigenvalue weighted by Crippen LogP contribution is -2.30. The highest BCUT2D eigenvalue weighted by atomic mass is 15.3. The minimum atomic E-state index is 0.425. The van der Waals surface area contributed by atoms with Crippen molar-refractivity contribution in [2.24, 2.45) is 0 Å². The molecule has 5 nitrogen and oxygen atoms in total. The lowest BCUT2D eigenvalue weighted by molar-refractivity contribution is 0.247. The van der Waals surface area contributed by atoms with E-state index >= 15 is 0 Å². The van der Waals surface area contributed by atoms with Crippen molar-refractivity contribution in [3.05, 3.63) is 60.3 Å². The Morgan fingerprint density at radius 1 is 1.24 bits per heavy atom. The highest BCUT2D eigenvalue weighted by Crippen LogP contribution is 2.11. The summed E-state index contributed by atoms with van der Waals surface area (Å²) in [6.45, 7) is 3.11. The molecule has 0 amide bonds. The van der Waals surface area contributed by atoms with E-state index in [0.29, 0.717) is 6.04 Å². The van der Waals surface area contributed by atoms with Gasteiger partial charge in [0.2, 0.25) is 0 Å². The highest BCUT2D eigenvalue weighted by Gasteiger charge is 2.11. The van der Waals surface area contributed by atoms with E-state index in [1.165, 1.54) is 5.56 Å². The molecule has 3 heterocycles. The fraction of sp³-hybridized carbons (Fsp3) is 0.312. The fourth-order valence-corrected chi connectivity index (χ4v) is 2.38. The van der Waals surface area contributed by atoms with Crippen LogP contribution in [0.2, 0.25) is 0 Å². The average Bonchev–Trinajstić information content (AvgIpc) is 2.95. The van der Waals surface area contributed by atoms with Crippen LogP contribution in [0, 0.1) is 0 Å². The number of rotatable bonds is 5. The van der Waals surface area contributed by atoms with E-state index in [-0.39, 0.29) is 0 Å². The molecule has 0 N–H and O–H groups in total. The molecule has 0 aliphatic rings. The Balaban J connectivity index is 1.66. The lowest BCUT2D eigenvalue weighted by Gasteiger charge is -2.24. The molecule has 0 bridgehead atoms. The maximum atomic E-state index is 4.39. The van der Waals surface area contributed by atoms with E-state index in [1.54, 1.807) is 10.8 Å². The first-order valence-corrected chi connectivity index (χ1v) is 7.11. The second-order valence-corrected chi connectivity index (χ2v) is 5.39. The molecule has 1 unspecified atom stereocenters. The molecule has 3 aromatic rings. The van der Waals surface area contributed by atoms with Crippen molar-refractivity contribution < 1.29 is 0 Å². The summed E-state index contributed by atoms with van der Waals surface area (Å²) in [7, 11) is 2.14. The van der Waals surface area contributed by atoms with Crippen molar-refractivity contribution in [2.45, 2.75) is 25.9 Å². The van der Waals surface area contributed by atoms with Crippen LogP contribution < -0.4 is 0 Å². The standard InChI is InChI=1S/C16H19N5/c1-13(9-15-5-3-4-7-17-15)20(2)11-14-6-8-21-16(10-14)18-12-19-21/h3-8,10,12-13H,9,11H2,1-2H3. The predicted octanol–water partition coefficient (Wildman–Crippen LogP) is 2.19. The van der Waals surface area contributed by atoms with Crippen LogP contribution in [0.3, 0.4) is 0 Å². The third kappa shape index (κ3) is 3.25. The maximum absolute atomic E-state index is 4.39. The Hall–Kier alpha value is -2.27. The van der Waals surface area contributed by atoms with Crippen LogP contribution >= 0.6 is 0 Å². The van der Waals surface area contributed by atoms with Gasteiger partial charge in [-0.1, -0.05) is 6.07 Å². The van der Waals surface area contributed by atoms with Crippen molar-refractivity contribution in [1.29, 1.82) is 0 Å². The molecule has 0 aliphatic carbocycles. The minimum Gasteiger partial charge on any atom is -0.299 e. The van der Waals surface area contributed by atoms with Crippen LogP contribution in [0.5, 0.6) is 0 Å². The Morgan fingerprint density at radius 3 is 2.95 bits per heavy atom. The minimum absolute atomic E-state index is 0.425. The topological polar surface area (TPSA) is 46.3 Å². The molecule has 3 aromatic heterocycles. The van der Waals surface area contributed by atoms with Gasteiger partial charge in [0.25, 0.3) is 0 Å². The highest BCUT2D eigenvalue weighted by molar-refractivity contribution is 5.39. The summed E-state index contributed by atoms with van der Waals surface area (Å²) in [5.41, 5.74) is 3.26. The van der Waals surface area contributed by atoms with Gasteiger partial charge >= 0.3 is 0 Å². The van der Waals surface area contributed by atoms with Crippen LogP contribution in [0.4, 0.5) is 0 Å². The van der Waals surface area contributed by atoms with Gasteiger partial charge in [0.15, 0.2) is 5.65 Å². The summed E-state index contributed by atoms with van der Waals surface area (Å²) in [6.07, 6.45) is 6.33. The summed E-state index contributed by atoms with van der Waals surface area (Å²) in [5, 5.41) is 4.11. The monoisotopic (exact) mass is 281 g/mol. The molecule has 3 rings (SSSR count). The van der Waals surface area contributed by atoms with E-state index in [4.69, 9.17) is 0 Å². The molecule has 0 aromatic carbocycles. The first-order valence-electron chi connectivity index (χ1n) is 7.11. The lowest BCUT2D eigenvalue weighted by atomic mass is 10.1. The third-order valence-corrected chi connectivity index (χ3v) is 3.76. The van der Waals surface area contributed by atoms with E-state index in [0.717, 1.165) is 24.3 Å². The quantitative estimate of drug-likeness (QED) is 0.719.